The van der Waals surface area contributed by atoms with Gasteiger partial charge in [-0.05, 0) is 47.2 Å². The molecule has 0 unspecified atom stereocenters. The normalized spacial score (nSPS) is 10.4. The Morgan fingerprint density at radius 1 is 1.06 bits per heavy atom. The molecule has 0 aliphatic rings. The molecule has 2 rings (SSSR count). The maximum atomic E-state index is 5.94. The third-order valence-corrected chi connectivity index (χ3v) is 3.57. The molecule has 0 heterocycles. The van der Waals surface area contributed by atoms with Gasteiger partial charge in [0, 0.05) is 16.6 Å². The molecule has 2 nitrogen and oxygen atoms in total. The zero-order valence-electron chi connectivity index (χ0n) is 9.91. The third kappa shape index (κ3) is 3.34. The summed E-state index contributed by atoms with van der Waals surface area (Å²) < 4.78 is 7.89. The number of nitrogens with one attached hydrogen (secondary N) is 1. The van der Waals surface area contributed by atoms with Gasteiger partial charge < -0.3 is 10.1 Å². The fourth-order valence-electron chi connectivity index (χ4n) is 1.62. The van der Waals surface area contributed by atoms with Gasteiger partial charge in [0.25, 0.3) is 0 Å². The zero-order valence-corrected chi connectivity index (χ0v) is 13.1. The van der Waals surface area contributed by atoms with Crippen LogP contribution in [0.15, 0.2) is 51.4 Å². The molecule has 4 heteroatoms. The second-order valence-corrected chi connectivity index (χ2v) is 5.58. The highest BCUT2D eigenvalue weighted by Gasteiger charge is 2.06. The molecule has 0 saturated carbocycles. The Kier molecular flexibility index (Phi) is 4.80. The van der Waals surface area contributed by atoms with Crippen LogP contribution in [0.1, 0.15) is 5.56 Å². The minimum absolute atomic E-state index is 0.782. The lowest BCUT2D eigenvalue weighted by molar-refractivity contribution is 0.471. The number of rotatable bonds is 4. The quantitative estimate of drug-likeness (QED) is 0.840. The van der Waals surface area contributed by atoms with Crippen molar-refractivity contribution in [3.63, 3.8) is 0 Å². The molecule has 2 aromatic rings. The Morgan fingerprint density at radius 3 is 2.56 bits per heavy atom. The van der Waals surface area contributed by atoms with Gasteiger partial charge in [-0.25, -0.2) is 0 Å². The first-order valence-electron chi connectivity index (χ1n) is 5.56. The summed E-state index contributed by atoms with van der Waals surface area (Å²) in [7, 11) is 1.92. The largest absolute Gasteiger partial charge is 0.456 e. The molecule has 94 valence electrons. The Hall–Kier alpha value is -0.840. The summed E-state index contributed by atoms with van der Waals surface area (Å²) in [6.07, 6.45) is 0. The van der Waals surface area contributed by atoms with Gasteiger partial charge in [-0.15, -0.1) is 0 Å². The number of hydrogen-bond donors (Lipinski definition) is 1. The van der Waals surface area contributed by atoms with Crippen LogP contribution in [0, 0.1) is 0 Å². The van der Waals surface area contributed by atoms with Crippen LogP contribution >= 0.6 is 31.9 Å². The summed E-state index contributed by atoms with van der Waals surface area (Å²) in [5, 5.41) is 3.13. The molecule has 0 radical (unpaired) electrons. The maximum absolute atomic E-state index is 5.94. The first-order valence-corrected chi connectivity index (χ1v) is 7.14. The van der Waals surface area contributed by atoms with E-state index in [4.69, 9.17) is 4.74 Å². The van der Waals surface area contributed by atoms with E-state index in [2.05, 4.69) is 43.2 Å². The Labute approximate surface area is 124 Å². The standard InChI is InChI=1S/C14H13Br2NO/c1-17-9-10-4-2-3-5-13(10)18-14-7-6-11(15)8-12(14)16/h2-8,17H,9H2,1H3. The van der Waals surface area contributed by atoms with Crippen LogP contribution < -0.4 is 10.1 Å². The van der Waals surface area contributed by atoms with Crippen LogP contribution in [0.3, 0.4) is 0 Å². The molecule has 0 atom stereocenters. The van der Waals surface area contributed by atoms with Crippen molar-refractivity contribution in [3.8, 4) is 11.5 Å². The molecule has 0 saturated heterocycles. The first kappa shape index (κ1) is 13.6. The summed E-state index contributed by atoms with van der Waals surface area (Å²) in [4.78, 5) is 0. The van der Waals surface area contributed by atoms with E-state index in [9.17, 15) is 0 Å². The second kappa shape index (κ2) is 6.36. The number of halogens is 2. The Bertz CT molecular complexity index is 543. The van der Waals surface area contributed by atoms with Gasteiger partial charge in [-0.2, -0.15) is 0 Å². The van der Waals surface area contributed by atoms with E-state index in [1.54, 1.807) is 0 Å². The monoisotopic (exact) mass is 369 g/mol. The zero-order chi connectivity index (χ0) is 13.0. The van der Waals surface area contributed by atoms with Gasteiger partial charge in [0.05, 0.1) is 4.47 Å². The molecule has 0 fully saturated rings. The smallest absolute Gasteiger partial charge is 0.141 e. The minimum Gasteiger partial charge on any atom is -0.456 e. The Balaban J connectivity index is 2.28. The lowest BCUT2D eigenvalue weighted by atomic mass is 10.2. The fourth-order valence-corrected chi connectivity index (χ4v) is 2.74. The van der Waals surface area contributed by atoms with Gasteiger partial charge >= 0.3 is 0 Å². The number of para-hydroxylation sites is 1. The summed E-state index contributed by atoms with van der Waals surface area (Å²) in [5.74, 6) is 1.68. The summed E-state index contributed by atoms with van der Waals surface area (Å²) in [6.45, 7) is 0.782. The van der Waals surface area contributed by atoms with Crippen molar-refractivity contribution in [2.45, 2.75) is 6.54 Å². The van der Waals surface area contributed by atoms with E-state index < -0.39 is 0 Å². The predicted molar refractivity (Wildman–Crippen MR) is 81.1 cm³/mol. The van der Waals surface area contributed by atoms with Crippen molar-refractivity contribution < 1.29 is 4.74 Å². The van der Waals surface area contributed by atoms with Crippen molar-refractivity contribution in [2.75, 3.05) is 7.05 Å². The third-order valence-electron chi connectivity index (χ3n) is 2.45. The summed E-state index contributed by atoms with van der Waals surface area (Å²) >= 11 is 6.92. The average molecular weight is 371 g/mol. The molecule has 2 aromatic carbocycles. The lowest BCUT2D eigenvalue weighted by Gasteiger charge is -2.12. The van der Waals surface area contributed by atoms with Crippen LogP contribution in [0.4, 0.5) is 0 Å². The van der Waals surface area contributed by atoms with E-state index in [0.29, 0.717) is 0 Å². The van der Waals surface area contributed by atoms with Crippen LogP contribution in [0.2, 0.25) is 0 Å². The van der Waals surface area contributed by atoms with Crippen molar-refractivity contribution in [3.05, 3.63) is 57.0 Å². The average Bonchev–Trinajstić information content (AvgIpc) is 2.35. The molecular formula is C14H13Br2NO. The number of benzene rings is 2. The highest BCUT2D eigenvalue weighted by molar-refractivity contribution is 9.11. The van der Waals surface area contributed by atoms with Crippen LogP contribution in [-0.2, 0) is 6.54 Å². The molecule has 0 spiro atoms. The summed E-state index contributed by atoms with van der Waals surface area (Å²) in [6, 6.07) is 13.9. The first-order chi connectivity index (χ1) is 8.70. The summed E-state index contributed by atoms with van der Waals surface area (Å²) in [5.41, 5.74) is 1.13. The second-order valence-electron chi connectivity index (χ2n) is 3.81. The number of ether oxygens (including phenoxy) is 1. The van der Waals surface area contributed by atoms with Gasteiger partial charge in [-0.3, -0.25) is 0 Å². The topological polar surface area (TPSA) is 21.3 Å². The van der Waals surface area contributed by atoms with Crippen molar-refractivity contribution in [1.82, 2.24) is 5.32 Å². The minimum atomic E-state index is 0.782. The van der Waals surface area contributed by atoms with E-state index >= 15 is 0 Å². The van der Waals surface area contributed by atoms with Crippen LogP contribution in [0.5, 0.6) is 11.5 Å². The Morgan fingerprint density at radius 2 is 1.83 bits per heavy atom. The maximum Gasteiger partial charge on any atom is 0.141 e. The van der Waals surface area contributed by atoms with Gasteiger partial charge in [0.1, 0.15) is 11.5 Å². The molecule has 1 N–H and O–H groups in total. The van der Waals surface area contributed by atoms with E-state index in [0.717, 1.165) is 32.6 Å². The highest BCUT2D eigenvalue weighted by Crippen LogP contribution is 2.33. The van der Waals surface area contributed by atoms with Gasteiger partial charge in [0.2, 0.25) is 0 Å². The van der Waals surface area contributed by atoms with Crippen molar-refractivity contribution in [1.29, 1.82) is 0 Å². The SMILES string of the molecule is CNCc1ccccc1Oc1ccc(Br)cc1Br. The molecule has 0 aliphatic heterocycles. The molecule has 0 aliphatic carbocycles. The lowest BCUT2D eigenvalue weighted by Crippen LogP contribution is -2.06. The molecular weight excluding hydrogens is 358 g/mol. The fraction of sp³-hybridized carbons (Fsp3) is 0.143. The van der Waals surface area contributed by atoms with E-state index in [1.807, 2.05) is 43.4 Å². The van der Waals surface area contributed by atoms with Crippen LogP contribution in [0.25, 0.3) is 0 Å². The molecule has 18 heavy (non-hydrogen) atoms. The van der Waals surface area contributed by atoms with Crippen molar-refractivity contribution >= 4 is 31.9 Å². The molecule has 0 amide bonds. The molecule has 0 aromatic heterocycles. The number of hydrogen-bond acceptors (Lipinski definition) is 2. The van der Waals surface area contributed by atoms with E-state index in [-0.39, 0.29) is 0 Å². The highest BCUT2D eigenvalue weighted by atomic mass is 79.9. The van der Waals surface area contributed by atoms with Gasteiger partial charge in [-0.1, -0.05) is 34.1 Å². The predicted octanol–water partition coefficient (Wildman–Crippen LogP) is 4.72. The van der Waals surface area contributed by atoms with Crippen molar-refractivity contribution in [2.24, 2.45) is 0 Å². The molecule has 0 bridgehead atoms. The van der Waals surface area contributed by atoms with E-state index in [1.165, 1.54) is 0 Å². The van der Waals surface area contributed by atoms with Gasteiger partial charge in [0.15, 0.2) is 0 Å². The van der Waals surface area contributed by atoms with Crippen LogP contribution in [-0.4, -0.2) is 7.05 Å².